The topological polar surface area (TPSA) is 99.4 Å². The third-order valence-electron chi connectivity index (χ3n) is 5.06. The average molecular weight is 501 g/mol. The van der Waals surface area contributed by atoms with Gasteiger partial charge in [-0.2, -0.15) is 0 Å². The fourth-order valence-corrected chi connectivity index (χ4v) is 3.84. The minimum Gasteiger partial charge on any atom is -0.406 e. The highest BCUT2D eigenvalue weighted by atomic mass is 35.5. The Bertz CT molecular complexity index is 1510. The van der Waals surface area contributed by atoms with Gasteiger partial charge in [0, 0.05) is 17.6 Å². The number of halogens is 4. The molecule has 35 heavy (non-hydrogen) atoms. The van der Waals surface area contributed by atoms with E-state index in [1.807, 2.05) is 0 Å². The average Bonchev–Trinajstić information content (AvgIpc) is 2.79. The molecule has 0 bridgehead atoms. The van der Waals surface area contributed by atoms with E-state index in [0.717, 1.165) is 12.1 Å². The summed E-state index contributed by atoms with van der Waals surface area (Å²) in [5.74, 6) is -0.312. The molecule has 0 amide bonds. The zero-order valence-electron chi connectivity index (χ0n) is 18.0. The molecular formula is C23H16ClF3N6O2. The lowest BCUT2D eigenvalue weighted by Crippen LogP contribution is -2.26. The van der Waals surface area contributed by atoms with Crippen LogP contribution in [0.2, 0.25) is 5.02 Å². The van der Waals surface area contributed by atoms with Crippen molar-refractivity contribution < 1.29 is 17.9 Å². The number of anilines is 2. The van der Waals surface area contributed by atoms with E-state index >= 15 is 0 Å². The van der Waals surface area contributed by atoms with E-state index in [4.69, 9.17) is 23.9 Å². The van der Waals surface area contributed by atoms with Gasteiger partial charge in [0.05, 0.1) is 23.0 Å². The number of nitrogens with zero attached hydrogens (tertiary/aromatic N) is 4. The summed E-state index contributed by atoms with van der Waals surface area (Å²) >= 11 is 6.30. The van der Waals surface area contributed by atoms with Crippen molar-refractivity contribution in [3.8, 4) is 11.4 Å². The van der Waals surface area contributed by atoms with Crippen molar-refractivity contribution in [2.45, 2.75) is 19.3 Å². The Morgan fingerprint density at radius 1 is 1.23 bits per heavy atom. The van der Waals surface area contributed by atoms with E-state index in [-0.39, 0.29) is 33.5 Å². The molecule has 0 radical (unpaired) electrons. The first-order valence-electron chi connectivity index (χ1n) is 10.0. The second-order valence-corrected chi connectivity index (χ2v) is 7.80. The third-order valence-corrected chi connectivity index (χ3v) is 5.37. The molecule has 3 N–H and O–H groups in total. The van der Waals surface area contributed by atoms with Gasteiger partial charge < -0.3 is 15.8 Å². The third kappa shape index (κ3) is 4.97. The predicted molar refractivity (Wildman–Crippen MR) is 126 cm³/mol. The number of nitrogens with two attached hydrogens (primary N) is 1. The second kappa shape index (κ2) is 9.15. The number of pyridine rings is 1. The predicted octanol–water partition coefficient (Wildman–Crippen LogP) is 5.64. The van der Waals surface area contributed by atoms with Crippen molar-refractivity contribution in [2.24, 2.45) is 0 Å². The lowest BCUT2D eigenvalue weighted by molar-refractivity contribution is -0.274. The van der Waals surface area contributed by atoms with Gasteiger partial charge in [0.2, 0.25) is 11.6 Å². The lowest BCUT2D eigenvalue weighted by Gasteiger charge is -2.22. The summed E-state index contributed by atoms with van der Waals surface area (Å²) in [6.07, 6.45) is -3.57. The molecule has 8 nitrogen and oxygen atoms in total. The molecule has 2 aromatic heterocycles. The van der Waals surface area contributed by atoms with Crippen LogP contribution in [0.15, 0.2) is 59.5 Å². The smallest absolute Gasteiger partial charge is 0.406 e. The summed E-state index contributed by atoms with van der Waals surface area (Å²) in [6.45, 7) is 9.06. The quantitative estimate of drug-likeness (QED) is 0.344. The number of nitrogen functional groups attached to an aromatic ring is 1. The Balaban J connectivity index is 1.87. The number of aromatic nitrogens is 3. The summed E-state index contributed by atoms with van der Waals surface area (Å²) < 4.78 is 43.0. The van der Waals surface area contributed by atoms with Gasteiger partial charge in [0.1, 0.15) is 11.6 Å². The maximum absolute atomic E-state index is 13.6. The number of hydrogen-bond donors (Lipinski definition) is 2. The Kier molecular flexibility index (Phi) is 6.24. The van der Waals surface area contributed by atoms with Crippen molar-refractivity contribution in [1.29, 1.82) is 0 Å². The van der Waals surface area contributed by atoms with Crippen LogP contribution >= 0.6 is 11.6 Å². The maximum Gasteiger partial charge on any atom is 0.573 e. The number of hydrogen-bond acceptors (Lipinski definition) is 6. The normalized spacial score (nSPS) is 12.2. The fraction of sp³-hybridized carbons (Fsp3) is 0.130. The van der Waals surface area contributed by atoms with Crippen LogP contribution in [-0.4, -0.2) is 20.9 Å². The molecule has 0 unspecified atom stereocenters. The molecular weight excluding hydrogens is 485 g/mol. The fourth-order valence-electron chi connectivity index (χ4n) is 3.58. The molecule has 2 aromatic carbocycles. The highest BCUT2D eigenvalue weighted by molar-refractivity contribution is 6.35. The van der Waals surface area contributed by atoms with Gasteiger partial charge in [-0.15, -0.1) is 13.2 Å². The second-order valence-electron chi connectivity index (χ2n) is 7.40. The molecule has 0 fully saturated rings. The Morgan fingerprint density at radius 3 is 2.60 bits per heavy atom. The molecule has 0 aliphatic rings. The van der Waals surface area contributed by atoms with Gasteiger partial charge in [-0.1, -0.05) is 23.7 Å². The van der Waals surface area contributed by atoms with Crippen LogP contribution < -0.4 is 21.3 Å². The van der Waals surface area contributed by atoms with Gasteiger partial charge >= 0.3 is 6.36 Å². The molecule has 0 aliphatic carbocycles. The van der Waals surface area contributed by atoms with Crippen molar-refractivity contribution in [3.05, 3.63) is 87.2 Å². The first-order valence-corrected chi connectivity index (χ1v) is 10.4. The molecule has 4 rings (SSSR count). The van der Waals surface area contributed by atoms with Crippen molar-refractivity contribution in [3.63, 3.8) is 0 Å². The highest BCUT2D eigenvalue weighted by Gasteiger charge is 2.31. The van der Waals surface area contributed by atoms with Crippen LogP contribution in [0.4, 0.5) is 30.6 Å². The van der Waals surface area contributed by atoms with E-state index in [2.05, 4.69) is 24.9 Å². The van der Waals surface area contributed by atoms with Crippen LogP contribution in [0.25, 0.3) is 21.3 Å². The molecule has 0 spiro atoms. The summed E-state index contributed by atoms with van der Waals surface area (Å²) in [4.78, 5) is 24.8. The van der Waals surface area contributed by atoms with Gasteiger partial charge in [-0.05, 0) is 48.7 Å². The number of nitrogens with one attached hydrogen (secondary N) is 1. The van der Waals surface area contributed by atoms with E-state index < -0.39 is 23.7 Å². The first-order chi connectivity index (χ1) is 16.6. The first kappa shape index (κ1) is 23.8. The molecule has 178 valence electrons. The number of rotatable bonds is 5. The van der Waals surface area contributed by atoms with Crippen molar-refractivity contribution in [1.82, 2.24) is 14.5 Å². The Morgan fingerprint density at radius 2 is 1.94 bits per heavy atom. The zero-order chi connectivity index (χ0) is 25.3. The number of ether oxygens (including phenoxy) is 1. The number of benzene rings is 2. The van der Waals surface area contributed by atoms with E-state index in [9.17, 15) is 18.0 Å². The standard InChI is InChI=1S/C23H16ClF3N6O2/c1-12(31-20-17(29-2)11-30-22(28)32-20)18-10-13-4-3-5-16(24)19(13)21(34)33(18)14-6-8-15(9-7-14)35-23(25,26)27/h3-12H,1H3,(H3,28,30,31,32)/t12-/m0/s1. The van der Waals surface area contributed by atoms with Gasteiger partial charge in [0.15, 0.2) is 0 Å². The van der Waals surface area contributed by atoms with E-state index in [1.165, 1.54) is 22.9 Å². The summed E-state index contributed by atoms with van der Waals surface area (Å²) in [5.41, 5.74) is 6.02. The van der Waals surface area contributed by atoms with Crippen LogP contribution in [0.1, 0.15) is 18.7 Å². The number of alkyl halides is 3. The Hall–Kier alpha value is -4.30. The SMILES string of the molecule is [C-]#[N+]c1cnc(N)nc1N[C@@H](C)c1cc2cccc(Cl)c2c(=O)n1-c1ccc(OC(F)(F)F)cc1. The van der Waals surface area contributed by atoms with Crippen molar-refractivity contribution >= 4 is 39.8 Å². The largest absolute Gasteiger partial charge is 0.573 e. The van der Waals surface area contributed by atoms with Crippen LogP contribution in [0, 0.1) is 6.57 Å². The molecule has 0 saturated carbocycles. The lowest BCUT2D eigenvalue weighted by atomic mass is 10.1. The summed E-state index contributed by atoms with van der Waals surface area (Å²) in [7, 11) is 0. The molecule has 1 atom stereocenters. The van der Waals surface area contributed by atoms with Crippen LogP contribution in [0.5, 0.6) is 5.75 Å². The molecule has 12 heteroatoms. The summed E-state index contributed by atoms with van der Waals surface area (Å²) in [5, 5.41) is 4.10. The molecule has 0 saturated heterocycles. The highest BCUT2D eigenvalue weighted by Crippen LogP contribution is 2.31. The molecule has 4 aromatic rings. The van der Waals surface area contributed by atoms with Crippen LogP contribution in [0.3, 0.4) is 0 Å². The molecule has 2 heterocycles. The van der Waals surface area contributed by atoms with E-state index in [1.54, 1.807) is 31.2 Å². The Labute approximate surface area is 201 Å². The van der Waals surface area contributed by atoms with Gasteiger partial charge in [-0.25, -0.2) is 14.8 Å². The summed E-state index contributed by atoms with van der Waals surface area (Å²) in [6, 6.07) is 11.0. The van der Waals surface area contributed by atoms with Gasteiger partial charge in [-0.3, -0.25) is 9.36 Å². The van der Waals surface area contributed by atoms with Crippen molar-refractivity contribution in [2.75, 3.05) is 11.1 Å². The van der Waals surface area contributed by atoms with Crippen LogP contribution in [-0.2, 0) is 0 Å². The zero-order valence-corrected chi connectivity index (χ0v) is 18.7. The maximum atomic E-state index is 13.6. The minimum atomic E-state index is -4.85. The minimum absolute atomic E-state index is 0.0463. The monoisotopic (exact) mass is 500 g/mol. The van der Waals surface area contributed by atoms with E-state index in [0.29, 0.717) is 11.1 Å². The number of fused-ring (bicyclic) bond motifs is 1. The van der Waals surface area contributed by atoms with Gasteiger partial charge in [0.25, 0.3) is 5.56 Å². The molecule has 0 aliphatic heterocycles.